The second-order valence-electron chi connectivity index (χ2n) is 4.88. The van der Waals surface area contributed by atoms with Gasteiger partial charge >= 0.3 is 5.97 Å². The normalized spacial score (nSPS) is 10.9. The summed E-state index contributed by atoms with van der Waals surface area (Å²) in [6.45, 7) is 0.449. The average molecular weight is 284 g/mol. The molecule has 106 valence electrons. The van der Waals surface area contributed by atoms with Crippen molar-refractivity contribution < 1.29 is 14.3 Å². The molecule has 3 aromatic rings. The molecule has 5 heteroatoms. The second-order valence-corrected chi connectivity index (χ2v) is 4.88. The Labute approximate surface area is 120 Å². The Morgan fingerprint density at radius 2 is 2.10 bits per heavy atom. The zero-order valence-corrected chi connectivity index (χ0v) is 11.2. The molecular formula is C16H13FN2O2. The number of aliphatic carboxylic acids is 1. The lowest BCUT2D eigenvalue weighted by molar-refractivity contribution is -0.136. The van der Waals surface area contributed by atoms with Crippen LogP contribution in [0, 0.1) is 5.82 Å². The van der Waals surface area contributed by atoms with Crippen molar-refractivity contribution in [3.63, 3.8) is 0 Å². The highest BCUT2D eigenvalue weighted by molar-refractivity contribution is 5.87. The van der Waals surface area contributed by atoms with E-state index in [1.54, 1.807) is 6.20 Å². The van der Waals surface area contributed by atoms with E-state index in [4.69, 9.17) is 5.11 Å². The van der Waals surface area contributed by atoms with Crippen molar-refractivity contribution in [3.05, 3.63) is 65.9 Å². The number of pyridine rings is 1. The maximum atomic E-state index is 13.2. The number of rotatable bonds is 4. The largest absolute Gasteiger partial charge is 0.481 e. The third kappa shape index (κ3) is 2.76. The third-order valence-corrected chi connectivity index (χ3v) is 3.33. The number of benzene rings is 1. The smallest absolute Gasteiger partial charge is 0.307 e. The van der Waals surface area contributed by atoms with Crippen molar-refractivity contribution in [1.82, 2.24) is 9.55 Å². The highest BCUT2D eigenvalue weighted by Crippen LogP contribution is 2.23. The Hall–Kier alpha value is -2.69. The molecule has 0 saturated carbocycles. The number of hydrogen-bond acceptors (Lipinski definition) is 2. The molecule has 0 fully saturated rings. The van der Waals surface area contributed by atoms with Crippen molar-refractivity contribution in [3.8, 4) is 0 Å². The lowest BCUT2D eigenvalue weighted by Crippen LogP contribution is -2.00. The van der Waals surface area contributed by atoms with E-state index in [9.17, 15) is 9.18 Å². The molecule has 0 saturated heterocycles. The summed E-state index contributed by atoms with van der Waals surface area (Å²) >= 11 is 0. The summed E-state index contributed by atoms with van der Waals surface area (Å²) in [5.41, 5.74) is 2.41. The molecule has 0 atom stereocenters. The number of nitrogens with zero attached hydrogens (tertiary/aromatic N) is 2. The fourth-order valence-electron chi connectivity index (χ4n) is 2.50. The van der Waals surface area contributed by atoms with Gasteiger partial charge in [-0.2, -0.15) is 0 Å². The number of hydrogen-bond donors (Lipinski definition) is 1. The molecule has 4 nitrogen and oxygen atoms in total. The SMILES string of the molecule is O=C(O)Cc1cn(Cc2cncc(F)c2)c2ccccc12. The number of halogens is 1. The van der Waals surface area contributed by atoms with E-state index < -0.39 is 5.97 Å². The molecule has 0 radical (unpaired) electrons. The van der Waals surface area contributed by atoms with Crippen LogP contribution in [0.5, 0.6) is 0 Å². The summed E-state index contributed by atoms with van der Waals surface area (Å²) in [6, 6.07) is 9.02. The van der Waals surface area contributed by atoms with Gasteiger partial charge in [-0.3, -0.25) is 9.78 Å². The topological polar surface area (TPSA) is 55.1 Å². The second kappa shape index (κ2) is 5.36. The summed E-state index contributed by atoms with van der Waals surface area (Å²) in [6.07, 6.45) is 4.54. The number of carboxylic acids is 1. The first-order valence-electron chi connectivity index (χ1n) is 6.51. The molecule has 1 aromatic carbocycles. The summed E-state index contributed by atoms with van der Waals surface area (Å²) in [4.78, 5) is 14.8. The van der Waals surface area contributed by atoms with Crippen LogP contribution in [0.2, 0.25) is 0 Å². The van der Waals surface area contributed by atoms with Crippen LogP contribution in [0.15, 0.2) is 48.9 Å². The fraction of sp³-hybridized carbons (Fsp3) is 0.125. The summed E-state index contributed by atoms with van der Waals surface area (Å²) in [5, 5.41) is 9.90. The third-order valence-electron chi connectivity index (χ3n) is 3.33. The molecule has 0 aliphatic carbocycles. The number of carboxylic acid groups (broad SMARTS) is 1. The van der Waals surface area contributed by atoms with Gasteiger partial charge in [-0.05, 0) is 23.3 Å². The van der Waals surface area contributed by atoms with Gasteiger partial charge in [-0.15, -0.1) is 0 Å². The first-order valence-corrected chi connectivity index (χ1v) is 6.51. The Balaban J connectivity index is 2.04. The molecule has 0 unspecified atom stereocenters. The Bertz CT molecular complexity index is 811. The summed E-state index contributed by atoms with van der Waals surface area (Å²) in [5.74, 6) is -1.25. The van der Waals surface area contributed by atoms with Crippen LogP contribution >= 0.6 is 0 Å². The molecule has 2 aromatic heterocycles. The van der Waals surface area contributed by atoms with Crippen LogP contribution in [0.1, 0.15) is 11.1 Å². The minimum absolute atomic E-state index is 0.0328. The molecule has 0 aliphatic heterocycles. The minimum Gasteiger partial charge on any atom is -0.481 e. The first kappa shape index (κ1) is 13.3. The molecule has 0 amide bonds. The standard InChI is InChI=1S/C16H13FN2O2/c17-13-5-11(7-18-8-13)9-19-10-12(6-16(20)21)14-3-1-2-4-15(14)19/h1-5,7-8,10H,6,9H2,(H,20,21). The highest BCUT2D eigenvalue weighted by Gasteiger charge is 2.11. The highest BCUT2D eigenvalue weighted by atomic mass is 19.1. The number of carbonyl (C=O) groups is 1. The predicted molar refractivity (Wildman–Crippen MR) is 76.6 cm³/mol. The minimum atomic E-state index is -0.870. The van der Waals surface area contributed by atoms with Gasteiger partial charge in [-0.25, -0.2) is 4.39 Å². The molecular weight excluding hydrogens is 271 g/mol. The van der Waals surface area contributed by atoms with E-state index in [0.29, 0.717) is 6.54 Å². The lowest BCUT2D eigenvalue weighted by atomic mass is 10.1. The molecule has 3 rings (SSSR count). The van der Waals surface area contributed by atoms with Gasteiger partial charge in [-0.1, -0.05) is 18.2 Å². The Morgan fingerprint density at radius 1 is 1.29 bits per heavy atom. The van der Waals surface area contributed by atoms with Crippen LogP contribution in [0.3, 0.4) is 0 Å². The Morgan fingerprint density at radius 3 is 2.86 bits per heavy atom. The number of fused-ring (bicyclic) bond motifs is 1. The molecule has 21 heavy (non-hydrogen) atoms. The predicted octanol–water partition coefficient (Wildman–Crippen LogP) is 2.85. The summed E-state index contributed by atoms with van der Waals surface area (Å²) < 4.78 is 15.1. The summed E-state index contributed by atoms with van der Waals surface area (Å²) in [7, 11) is 0. The van der Waals surface area contributed by atoms with E-state index in [2.05, 4.69) is 4.98 Å². The Kier molecular flexibility index (Phi) is 3.39. The van der Waals surface area contributed by atoms with E-state index in [1.165, 1.54) is 6.07 Å². The van der Waals surface area contributed by atoms with Gasteiger partial charge in [0.1, 0.15) is 5.82 Å². The van der Waals surface area contributed by atoms with Gasteiger partial charge in [0.05, 0.1) is 12.6 Å². The van der Waals surface area contributed by atoms with Crippen LogP contribution in [0.25, 0.3) is 10.9 Å². The van der Waals surface area contributed by atoms with Crippen LogP contribution in [0.4, 0.5) is 4.39 Å². The zero-order chi connectivity index (χ0) is 14.8. The van der Waals surface area contributed by atoms with Gasteiger partial charge in [0.25, 0.3) is 0 Å². The van der Waals surface area contributed by atoms with Crippen molar-refractivity contribution in [2.75, 3.05) is 0 Å². The van der Waals surface area contributed by atoms with Crippen molar-refractivity contribution in [2.24, 2.45) is 0 Å². The van der Waals surface area contributed by atoms with Crippen LogP contribution < -0.4 is 0 Å². The van der Waals surface area contributed by atoms with Gasteiger partial charge in [0, 0.05) is 29.8 Å². The maximum absolute atomic E-state index is 13.2. The quantitative estimate of drug-likeness (QED) is 0.801. The number of aromatic nitrogens is 2. The monoisotopic (exact) mass is 284 g/mol. The van der Waals surface area contributed by atoms with E-state index in [-0.39, 0.29) is 12.2 Å². The van der Waals surface area contributed by atoms with Crippen molar-refractivity contribution in [1.29, 1.82) is 0 Å². The van der Waals surface area contributed by atoms with Crippen LogP contribution in [-0.2, 0) is 17.8 Å². The first-order chi connectivity index (χ1) is 10.1. The van der Waals surface area contributed by atoms with E-state index in [1.807, 2.05) is 35.0 Å². The van der Waals surface area contributed by atoms with Gasteiger partial charge < -0.3 is 9.67 Å². The molecule has 1 N–H and O–H groups in total. The molecule has 0 bridgehead atoms. The van der Waals surface area contributed by atoms with Crippen LogP contribution in [-0.4, -0.2) is 20.6 Å². The zero-order valence-electron chi connectivity index (χ0n) is 11.2. The van der Waals surface area contributed by atoms with E-state index >= 15 is 0 Å². The maximum Gasteiger partial charge on any atom is 0.307 e. The van der Waals surface area contributed by atoms with Crippen molar-refractivity contribution >= 4 is 16.9 Å². The number of para-hydroxylation sites is 1. The van der Waals surface area contributed by atoms with E-state index in [0.717, 1.165) is 28.2 Å². The fourth-order valence-corrected chi connectivity index (χ4v) is 2.50. The van der Waals surface area contributed by atoms with Gasteiger partial charge in [0.15, 0.2) is 0 Å². The molecule has 0 aliphatic rings. The van der Waals surface area contributed by atoms with Gasteiger partial charge in [0.2, 0.25) is 0 Å². The lowest BCUT2D eigenvalue weighted by Gasteiger charge is -2.05. The molecule has 0 spiro atoms. The average Bonchev–Trinajstić information content (AvgIpc) is 2.77. The van der Waals surface area contributed by atoms with Crippen molar-refractivity contribution in [2.45, 2.75) is 13.0 Å². The molecule has 2 heterocycles.